The predicted molar refractivity (Wildman–Crippen MR) is 97.9 cm³/mol. The Morgan fingerprint density at radius 3 is 2.63 bits per heavy atom. The SMILES string of the molecule is O=C(Nc1cccc(C(F)(F)F)c1)N1CC(N2CCCc3ccccc32)C1. The average Bonchev–Trinajstić information content (AvgIpc) is 2.60. The van der Waals surface area contributed by atoms with Crippen LogP contribution in [-0.2, 0) is 12.6 Å². The van der Waals surface area contributed by atoms with Crippen LogP contribution >= 0.6 is 0 Å². The molecule has 2 heterocycles. The lowest BCUT2D eigenvalue weighted by atomic mass is 9.97. The number of nitrogens with one attached hydrogen (secondary N) is 1. The summed E-state index contributed by atoms with van der Waals surface area (Å²) in [7, 11) is 0. The van der Waals surface area contributed by atoms with Gasteiger partial charge in [-0.3, -0.25) is 0 Å². The Bertz CT molecular complexity index is 846. The molecule has 2 amide bonds. The highest BCUT2D eigenvalue weighted by Gasteiger charge is 2.37. The zero-order chi connectivity index (χ0) is 19.0. The smallest absolute Gasteiger partial charge is 0.365 e. The van der Waals surface area contributed by atoms with Crippen LogP contribution in [0.3, 0.4) is 0 Å². The van der Waals surface area contributed by atoms with E-state index in [1.165, 1.54) is 23.4 Å². The van der Waals surface area contributed by atoms with E-state index in [4.69, 9.17) is 0 Å². The Labute approximate surface area is 155 Å². The van der Waals surface area contributed by atoms with Gasteiger partial charge in [-0.15, -0.1) is 0 Å². The van der Waals surface area contributed by atoms with E-state index < -0.39 is 11.7 Å². The molecule has 4 nitrogen and oxygen atoms in total. The lowest BCUT2D eigenvalue weighted by molar-refractivity contribution is -0.137. The number of aryl methyl sites for hydroxylation is 1. The third-order valence-corrected chi connectivity index (χ3v) is 5.18. The van der Waals surface area contributed by atoms with Gasteiger partial charge < -0.3 is 15.1 Å². The first-order valence-electron chi connectivity index (χ1n) is 8.99. The van der Waals surface area contributed by atoms with Crippen molar-refractivity contribution >= 4 is 17.4 Å². The second-order valence-corrected chi connectivity index (χ2v) is 6.99. The van der Waals surface area contributed by atoms with E-state index in [-0.39, 0.29) is 17.8 Å². The van der Waals surface area contributed by atoms with Crippen LogP contribution in [0.1, 0.15) is 17.5 Å². The molecular weight excluding hydrogens is 355 g/mol. The molecule has 7 heteroatoms. The van der Waals surface area contributed by atoms with E-state index >= 15 is 0 Å². The molecule has 2 aromatic rings. The number of para-hydroxylation sites is 1. The summed E-state index contributed by atoms with van der Waals surface area (Å²) in [5.74, 6) is 0. The van der Waals surface area contributed by atoms with Crippen LogP contribution in [0.15, 0.2) is 48.5 Å². The molecule has 0 unspecified atom stereocenters. The van der Waals surface area contributed by atoms with Gasteiger partial charge in [-0.2, -0.15) is 13.2 Å². The summed E-state index contributed by atoms with van der Waals surface area (Å²) in [5.41, 5.74) is 1.94. The fraction of sp³-hybridized carbons (Fsp3) is 0.350. The van der Waals surface area contributed by atoms with Gasteiger partial charge in [0.05, 0.1) is 11.6 Å². The molecule has 0 aliphatic carbocycles. The first-order chi connectivity index (χ1) is 12.9. The van der Waals surface area contributed by atoms with Crippen molar-refractivity contribution in [3.63, 3.8) is 0 Å². The van der Waals surface area contributed by atoms with Gasteiger partial charge in [-0.1, -0.05) is 24.3 Å². The van der Waals surface area contributed by atoms with Gasteiger partial charge in [0.25, 0.3) is 0 Å². The number of fused-ring (bicyclic) bond motifs is 1. The number of likely N-dealkylation sites (tertiary alicyclic amines) is 1. The highest BCUT2D eigenvalue weighted by molar-refractivity contribution is 5.90. The summed E-state index contributed by atoms with van der Waals surface area (Å²) in [6.07, 6.45) is -2.27. The van der Waals surface area contributed by atoms with Crippen LogP contribution in [-0.4, -0.2) is 36.6 Å². The Morgan fingerprint density at radius 2 is 1.85 bits per heavy atom. The highest BCUT2D eigenvalue weighted by atomic mass is 19.4. The fourth-order valence-corrected chi connectivity index (χ4v) is 3.74. The maximum Gasteiger partial charge on any atom is 0.416 e. The van der Waals surface area contributed by atoms with E-state index in [1.807, 2.05) is 12.1 Å². The minimum absolute atomic E-state index is 0.154. The molecule has 2 aliphatic heterocycles. The number of hydrogen-bond acceptors (Lipinski definition) is 2. The molecule has 27 heavy (non-hydrogen) atoms. The van der Waals surface area contributed by atoms with E-state index in [0.29, 0.717) is 13.1 Å². The Balaban J connectivity index is 1.37. The standard InChI is InChI=1S/C20H20F3N3O/c21-20(22,23)15-7-3-8-16(11-15)24-19(27)25-12-17(13-25)26-10-4-6-14-5-1-2-9-18(14)26/h1-3,5,7-9,11,17H,4,6,10,12-13H2,(H,24,27). The molecule has 1 fully saturated rings. The van der Waals surface area contributed by atoms with E-state index in [0.717, 1.165) is 31.5 Å². The second kappa shape index (κ2) is 6.79. The molecule has 0 radical (unpaired) electrons. The molecule has 2 aliphatic rings. The van der Waals surface area contributed by atoms with Crippen LogP contribution in [0, 0.1) is 0 Å². The van der Waals surface area contributed by atoms with Crippen molar-refractivity contribution in [2.24, 2.45) is 0 Å². The van der Waals surface area contributed by atoms with Gasteiger partial charge in [0, 0.05) is 31.0 Å². The van der Waals surface area contributed by atoms with Crippen LogP contribution in [0.2, 0.25) is 0 Å². The molecule has 0 saturated carbocycles. The van der Waals surface area contributed by atoms with Crippen molar-refractivity contribution < 1.29 is 18.0 Å². The van der Waals surface area contributed by atoms with Crippen LogP contribution < -0.4 is 10.2 Å². The number of hydrogen-bond donors (Lipinski definition) is 1. The minimum Gasteiger partial charge on any atom is -0.365 e. The molecule has 0 aromatic heterocycles. The summed E-state index contributed by atoms with van der Waals surface area (Å²) in [4.78, 5) is 16.3. The van der Waals surface area contributed by atoms with Crippen LogP contribution in [0.4, 0.5) is 29.3 Å². The first kappa shape index (κ1) is 17.7. The fourth-order valence-electron chi connectivity index (χ4n) is 3.74. The molecule has 1 N–H and O–H groups in total. The van der Waals surface area contributed by atoms with Crippen LogP contribution in [0.5, 0.6) is 0 Å². The quantitative estimate of drug-likeness (QED) is 0.846. The van der Waals surface area contributed by atoms with Gasteiger partial charge in [0.2, 0.25) is 0 Å². The number of carbonyl (C=O) groups excluding carboxylic acids is 1. The molecule has 0 bridgehead atoms. The Kier molecular flexibility index (Phi) is 4.45. The van der Waals surface area contributed by atoms with Gasteiger partial charge in [-0.25, -0.2) is 4.79 Å². The van der Waals surface area contributed by atoms with Crippen molar-refractivity contribution in [3.8, 4) is 0 Å². The Hall–Kier alpha value is -2.70. The highest BCUT2D eigenvalue weighted by Crippen LogP contribution is 2.32. The molecule has 142 valence electrons. The van der Waals surface area contributed by atoms with E-state index in [9.17, 15) is 18.0 Å². The molecular formula is C20H20F3N3O. The van der Waals surface area contributed by atoms with Crippen molar-refractivity contribution in [2.45, 2.75) is 25.1 Å². The average molecular weight is 375 g/mol. The van der Waals surface area contributed by atoms with Gasteiger partial charge in [0.1, 0.15) is 0 Å². The van der Waals surface area contributed by atoms with Crippen LogP contribution in [0.25, 0.3) is 0 Å². The molecule has 4 rings (SSSR count). The van der Waals surface area contributed by atoms with Gasteiger partial charge in [-0.05, 0) is 42.7 Å². The normalized spacial score (nSPS) is 17.3. The summed E-state index contributed by atoms with van der Waals surface area (Å²) in [6, 6.07) is 12.9. The third kappa shape index (κ3) is 3.59. The number of carbonyl (C=O) groups is 1. The summed E-state index contributed by atoms with van der Waals surface area (Å²) >= 11 is 0. The lowest BCUT2D eigenvalue weighted by Gasteiger charge is -2.48. The minimum atomic E-state index is -4.43. The number of halogens is 3. The van der Waals surface area contributed by atoms with Crippen molar-refractivity contribution in [3.05, 3.63) is 59.7 Å². The molecule has 1 saturated heterocycles. The van der Waals surface area contributed by atoms with Crippen molar-refractivity contribution in [2.75, 3.05) is 29.9 Å². The molecule has 2 aromatic carbocycles. The van der Waals surface area contributed by atoms with E-state index in [2.05, 4.69) is 22.3 Å². The van der Waals surface area contributed by atoms with E-state index in [1.54, 1.807) is 4.90 Å². The lowest BCUT2D eigenvalue weighted by Crippen LogP contribution is -2.62. The number of alkyl halides is 3. The summed E-state index contributed by atoms with van der Waals surface area (Å²) < 4.78 is 38.4. The van der Waals surface area contributed by atoms with Crippen molar-refractivity contribution in [1.82, 2.24) is 4.90 Å². The number of rotatable bonds is 2. The maximum atomic E-state index is 12.8. The van der Waals surface area contributed by atoms with Gasteiger partial charge >= 0.3 is 12.2 Å². The number of urea groups is 1. The molecule has 0 atom stereocenters. The topological polar surface area (TPSA) is 35.6 Å². The van der Waals surface area contributed by atoms with Gasteiger partial charge in [0.15, 0.2) is 0 Å². The summed E-state index contributed by atoms with van der Waals surface area (Å²) in [6.45, 7) is 2.10. The van der Waals surface area contributed by atoms with Crippen molar-refractivity contribution in [1.29, 1.82) is 0 Å². The largest absolute Gasteiger partial charge is 0.416 e. The zero-order valence-corrected chi connectivity index (χ0v) is 14.7. The first-order valence-corrected chi connectivity index (χ1v) is 8.99. The predicted octanol–water partition coefficient (Wildman–Crippen LogP) is 4.37. The summed E-state index contributed by atoms with van der Waals surface area (Å²) in [5, 5.41) is 2.57. The number of benzene rings is 2. The molecule has 0 spiro atoms. The third-order valence-electron chi connectivity index (χ3n) is 5.18. The maximum absolute atomic E-state index is 12.8. The second-order valence-electron chi connectivity index (χ2n) is 6.99. The monoisotopic (exact) mass is 375 g/mol. The zero-order valence-electron chi connectivity index (χ0n) is 14.7. The number of anilines is 2. The number of amides is 2. The Morgan fingerprint density at radius 1 is 1.07 bits per heavy atom. The number of nitrogens with zero attached hydrogens (tertiary/aromatic N) is 2.